The Bertz CT molecular complexity index is 608. The maximum atomic E-state index is 12.6. The number of hydrogen-bond donors (Lipinski definition) is 1. The molecule has 2 aromatic rings. The summed E-state index contributed by atoms with van der Waals surface area (Å²) < 4.78 is 0. The molecule has 0 aliphatic heterocycles. The zero-order chi connectivity index (χ0) is 14.7. The maximum absolute atomic E-state index is 12.6. The van der Waals surface area contributed by atoms with E-state index in [2.05, 4.69) is 17.2 Å². The van der Waals surface area contributed by atoms with Crippen LogP contribution in [0.1, 0.15) is 42.3 Å². The van der Waals surface area contributed by atoms with E-state index in [1.165, 1.54) is 30.6 Å². The third kappa shape index (κ3) is 3.16. The maximum Gasteiger partial charge on any atom is 0.263 e. The van der Waals surface area contributed by atoms with Gasteiger partial charge in [0.1, 0.15) is 4.88 Å². The molecule has 0 bridgehead atoms. The van der Waals surface area contributed by atoms with E-state index in [0.29, 0.717) is 12.0 Å². The van der Waals surface area contributed by atoms with E-state index in [0.717, 1.165) is 22.6 Å². The minimum Gasteiger partial charge on any atom is -0.348 e. The summed E-state index contributed by atoms with van der Waals surface area (Å²) in [6, 6.07) is 10.2. The highest BCUT2D eigenvalue weighted by molar-refractivity contribution is 7.12. The SMILES string of the molecule is CC1CCCCC1NC(=O)c1scnc1-c1ccccc1. The van der Waals surface area contributed by atoms with E-state index in [-0.39, 0.29) is 5.91 Å². The lowest BCUT2D eigenvalue weighted by atomic mass is 9.86. The van der Waals surface area contributed by atoms with Gasteiger partial charge >= 0.3 is 0 Å². The van der Waals surface area contributed by atoms with Crippen LogP contribution in [0.2, 0.25) is 0 Å². The third-order valence-electron chi connectivity index (χ3n) is 4.25. The number of rotatable bonds is 3. The van der Waals surface area contributed by atoms with E-state index in [1.54, 1.807) is 5.51 Å². The van der Waals surface area contributed by atoms with Crippen LogP contribution >= 0.6 is 11.3 Å². The van der Waals surface area contributed by atoms with Gasteiger partial charge in [-0.1, -0.05) is 50.1 Å². The predicted molar refractivity (Wildman–Crippen MR) is 86.4 cm³/mol. The van der Waals surface area contributed by atoms with Crippen LogP contribution < -0.4 is 5.32 Å². The minimum atomic E-state index is 0.0232. The van der Waals surface area contributed by atoms with Crippen molar-refractivity contribution in [2.45, 2.75) is 38.6 Å². The second kappa shape index (κ2) is 6.39. The van der Waals surface area contributed by atoms with Crippen molar-refractivity contribution in [3.05, 3.63) is 40.7 Å². The molecule has 1 fully saturated rings. The minimum absolute atomic E-state index is 0.0232. The highest BCUT2D eigenvalue weighted by Crippen LogP contribution is 2.27. The normalized spacial score (nSPS) is 22.0. The van der Waals surface area contributed by atoms with Crippen molar-refractivity contribution in [2.24, 2.45) is 5.92 Å². The number of nitrogens with zero attached hydrogens (tertiary/aromatic N) is 1. The number of nitrogens with one attached hydrogen (secondary N) is 1. The molecule has 1 saturated carbocycles. The van der Waals surface area contributed by atoms with E-state index in [9.17, 15) is 4.79 Å². The molecule has 3 rings (SSSR count). The summed E-state index contributed by atoms with van der Waals surface area (Å²) in [4.78, 5) is 17.7. The van der Waals surface area contributed by atoms with Gasteiger partial charge in [0.2, 0.25) is 0 Å². The topological polar surface area (TPSA) is 42.0 Å². The third-order valence-corrected chi connectivity index (χ3v) is 5.07. The lowest BCUT2D eigenvalue weighted by molar-refractivity contribution is 0.0915. The Morgan fingerprint density at radius 3 is 2.76 bits per heavy atom. The number of thiazole rings is 1. The van der Waals surface area contributed by atoms with Crippen LogP contribution in [0.5, 0.6) is 0 Å². The quantitative estimate of drug-likeness (QED) is 0.926. The van der Waals surface area contributed by atoms with Crippen molar-refractivity contribution in [3.8, 4) is 11.3 Å². The second-order valence-corrected chi connectivity index (χ2v) is 6.59. The van der Waals surface area contributed by atoms with E-state index in [4.69, 9.17) is 0 Å². The van der Waals surface area contributed by atoms with Crippen molar-refractivity contribution >= 4 is 17.2 Å². The Balaban J connectivity index is 1.78. The van der Waals surface area contributed by atoms with Gasteiger partial charge in [-0.3, -0.25) is 4.79 Å². The summed E-state index contributed by atoms with van der Waals surface area (Å²) >= 11 is 1.42. The molecule has 1 aliphatic carbocycles. The first kappa shape index (κ1) is 14.3. The van der Waals surface area contributed by atoms with E-state index >= 15 is 0 Å². The summed E-state index contributed by atoms with van der Waals surface area (Å²) in [7, 11) is 0. The second-order valence-electron chi connectivity index (χ2n) is 5.74. The van der Waals surface area contributed by atoms with E-state index in [1.807, 2.05) is 30.3 Å². The van der Waals surface area contributed by atoms with Crippen LogP contribution in [0, 0.1) is 5.92 Å². The molecule has 2 unspecified atom stereocenters. The first-order valence-electron chi connectivity index (χ1n) is 7.55. The fraction of sp³-hybridized carbons (Fsp3) is 0.412. The highest BCUT2D eigenvalue weighted by Gasteiger charge is 2.25. The van der Waals surface area contributed by atoms with Crippen molar-refractivity contribution < 1.29 is 4.79 Å². The zero-order valence-electron chi connectivity index (χ0n) is 12.2. The number of aromatic nitrogens is 1. The van der Waals surface area contributed by atoms with Gasteiger partial charge in [0, 0.05) is 11.6 Å². The summed E-state index contributed by atoms with van der Waals surface area (Å²) in [5.41, 5.74) is 3.55. The van der Waals surface area contributed by atoms with Gasteiger partial charge in [-0.2, -0.15) is 0 Å². The molecule has 3 nitrogen and oxygen atoms in total. The Morgan fingerprint density at radius 1 is 1.24 bits per heavy atom. The fourth-order valence-corrected chi connectivity index (χ4v) is 3.69. The molecule has 1 heterocycles. The Labute approximate surface area is 129 Å². The van der Waals surface area contributed by atoms with E-state index < -0.39 is 0 Å². The largest absolute Gasteiger partial charge is 0.348 e. The Hall–Kier alpha value is -1.68. The number of amides is 1. The standard InChI is InChI=1S/C17H20N2OS/c1-12-7-5-6-10-14(12)19-17(20)16-15(18-11-21-16)13-8-3-2-4-9-13/h2-4,8-9,11-12,14H,5-7,10H2,1H3,(H,19,20). The van der Waals surface area contributed by atoms with Gasteiger partial charge in [-0.05, 0) is 18.8 Å². The van der Waals surface area contributed by atoms with Gasteiger partial charge in [-0.15, -0.1) is 11.3 Å². The molecular formula is C17H20N2OS. The molecular weight excluding hydrogens is 280 g/mol. The summed E-state index contributed by atoms with van der Waals surface area (Å²) in [6.45, 7) is 2.23. The van der Waals surface area contributed by atoms with Gasteiger partial charge in [0.05, 0.1) is 11.2 Å². The highest BCUT2D eigenvalue weighted by atomic mass is 32.1. The van der Waals surface area contributed by atoms with Crippen LogP contribution in [0.4, 0.5) is 0 Å². The molecule has 0 saturated heterocycles. The van der Waals surface area contributed by atoms with Crippen molar-refractivity contribution in [3.63, 3.8) is 0 Å². The molecule has 1 amide bonds. The average Bonchev–Trinajstić information content (AvgIpc) is 3.00. The van der Waals surface area contributed by atoms with Gasteiger partial charge in [0.15, 0.2) is 0 Å². The van der Waals surface area contributed by atoms with Gasteiger partial charge in [0.25, 0.3) is 5.91 Å². The lowest BCUT2D eigenvalue weighted by Crippen LogP contribution is -2.40. The average molecular weight is 300 g/mol. The van der Waals surface area contributed by atoms with Crippen molar-refractivity contribution in [2.75, 3.05) is 0 Å². The van der Waals surface area contributed by atoms with Crippen LogP contribution in [-0.4, -0.2) is 16.9 Å². The fourth-order valence-electron chi connectivity index (χ4n) is 2.97. The summed E-state index contributed by atoms with van der Waals surface area (Å²) in [6.07, 6.45) is 4.79. The summed E-state index contributed by atoms with van der Waals surface area (Å²) in [5.74, 6) is 0.589. The Morgan fingerprint density at radius 2 is 2.00 bits per heavy atom. The van der Waals surface area contributed by atoms with Crippen LogP contribution in [-0.2, 0) is 0 Å². The number of carbonyl (C=O) groups excluding carboxylic acids is 1. The smallest absolute Gasteiger partial charge is 0.263 e. The molecule has 0 spiro atoms. The van der Waals surface area contributed by atoms with Crippen molar-refractivity contribution in [1.29, 1.82) is 0 Å². The molecule has 21 heavy (non-hydrogen) atoms. The molecule has 4 heteroatoms. The molecule has 1 aliphatic rings. The lowest BCUT2D eigenvalue weighted by Gasteiger charge is -2.29. The molecule has 0 radical (unpaired) electrons. The predicted octanol–water partition coefficient (Wildman–Crippen LogP) is 4.12. The first-order chi connectivity index (χ1) is 10.3. The molecule has 110 valence electrons. The van der Waals surface area contributed by atoms with Crippen LogP contribution in [0.15, 0.2) is 35.8 Å². The number of hydrogen-bond acceptors (Lipinski definition) is 3. The summed E-state index contributed by atoms with van der Waals surface area (Å²) in [5, 5.41) is 3.21. The van der Waals surface area contributed by atoms with Gasteiger partial charge in [-0.25, -0.2) is 4.98 Å². The van der Waals surface area contributed by atoms with Gasteiger partial charge < -0.3 is 5.32 Å². The van der Waals surface area contributed by atoms with Crippen LogP contribution in [0.25, 0.3) is 11.3 Å². The molecule has 1 N–H and O–H groups in total. The first-order valence-corrected chi connectivity index (χ1v) is 8.43. The molecule has 2 atom stereocenters. The zero-order valence-corrected chi connectivity index (χ0v) is 13.0. The molecule has 1 aromatic carbocycles. The number of carbonyl (C=O) groups is 1. The molecule has 1 aromatic heterocycles. The van der Waals surface area contributed by atoms with Crippen molar-refractivity contribution in [1.82, 2.24) is 10.3 Å². The monoisotopic (exact) mass is 300 g/mol. The van der Waals surface area contributed by atoms with Crippen LogP contribution in [0.3, 0.4) is 0 Å². The Kier molecular flexibility index (Phi) is 4.34. The number of benzene rings is 1.